The van der Waals surface area contributed by atoms with Crippen LogP contribution in [0.15, 0.2) is 29.3 Å². The van der Waals surface area contributed by atoms with E-state index in [0.29, 0.717) is 19.1 Å². The minimum Gasteiger partial charge on any atom is -0.494 e. The van der Waals surface area contributed by atoms with Crippen LogP contribution in [0.2, 0.25) is 0 Å². The third-order valence-electron chi connectivity index (χ3n) is 2.90. The zero-order valence-corrected chi connectivity index (χ0v) is 15.4. The molecule has 0 saturated carbocycles. The number of nitrogens with one attached hydrogen (secondary N) is 3. The lowest BCUT2D eigenvalue weighted by molar-refractivity contribution is -0.121. The highest BCUT2D eigenvalue weighted by Gasteiger charge is 2.13. The molecule has 0 radical (unpaired) electrons. The van der Waals surface area contributed by atoms with E-state index in [1.165, 1.54) is 0 Å². The number of benzene rings is 1. The van der Waals surface area contributed by atoms with E-state index < -0.39 is 0 Å². The Morgan fingerprint density at radius 2 is 1.96 bits per heavy atom. The van der Waals surface area contributed by atoms with Gasteiger partial charge in [-0.15, -0.1) is 0 Å². The van der Waals surface area contributed by atoms with Gasteiger partial charge in [-0.05, 0) is 52.3 Å². The van der Waals surface area contributed by atoms with Crippen molar-refractivity contribution >= 4 is 11.9 Å². The highest BCUT2D eigenvalue weighted by Crippen LogP contribution is 2.13. The van der Waals surface area contributed by atoms with Crippen LogP contribution in [-0.2, 0) is 11.3 Å². The van der Waals surface area contributed by atoms with Crippen LogP contribution >= 0.6 is 0 Å². The van der Waals surface area contributed by atoms with Crippen LogP contribution in [-0.4, -0.2) is 37.1 Å². The highest BCUT2D eigenvalue weighted by molar-refractivity contribution is 5.86. The summed E-state index contributed by atoms with van der Waals surface area (Å²) in [5.41, 5.74) is 0.811. The van der Waals surface area contributed by atoms with E-state index in [1.807, 2.05) is 58.9 Å². The SMILES string of the molecule is CCNC(=NCc1cccc(OCC)c1)NCC(=O)NC(C)(C)C. The van der Waals surface area contributed by atoms with E-state index in [0.717, 1.165) is 17.9 Å². The standard InChI is InChI=1S/C18H30N4O2/c1-6-19-17(21-13-16(23)22-18(3,4)5)20-12-14-9-8-10-15(11-14)24-7-2/h8-11H,6-7,12-13H2,1-5H3,(H,22,23)(H2,19,20,21). The molecule has 0 aromatic heterocycles. The number of amides is 1. The molecule has 0 heterocycles. The lowest BCUT2D eigenvalue weighted by atomic mass is 10.1. The first-order valence-electron chi connectivity index (χ1n) is 8.39. The van der Waals surface area contributed by atoms with Crippen molar-refractivity contribution in [3.05, 3.63) is 29.8 Å². The summed E-state index contributed by atoms with van der Waals surface area (Å²) in [6, 6.07) is 7.86. The van der Waals surface area contributed by atoms with Crippen molar-refractivity contribution in [3.8, 4) is 5.75 Å². The molecule has 0 spiro atoms. The summed E-state index contributed by atoms with van der Waals surface area (Å²) in [5.74, 6) is 1.39. The van der Waals surface area contributed by atoms with Gasteiger partial charge in [0.2, 0.25) is 5.91 Å². The maximum Gasteiger partial charge on any atom is 0.239 e. The summed E-state index contributed by atoms with van der Waals surface area (Å²) >= 11 is 0. The van der Waals surface area contributed by atoms with Gasteiger partial charge in [0.1, 0.15) is 5.75 Å². The van der Waals surface area contributed by atoms with E-state index in [2.05, 4.69) is 20.9 Å². The molecule has 1 rings (SSSR count). The Morgan fingerprint density at radius 3 is 2.58 bits per heavy atom. The van der Waals surface area contributed by atoms with Gasteiger partial charge in [0.15, 0.2) is 5.96 Å². The van der Waals surface area contributed by atoms with E-state index in [9.17, 15) is 4.79 Å². The number of carbonyl (C=O) groups is 1. The van der Waals surface area contributed by atoms with Crippen molar-refractivity contribution < 1.29 is 9.53 Å². The van der Waals surface area contributed by atoms with Crippen molar-refractivity contribution in [1.82, 2.24) is 16.0 Å². The largest absolute Gasteiger partial charge is 0.494 e. The molecule has 3 N–H and O–H groups in total. The number of hydrogen-bond acceptors (Lipinski definition) is 3. The molecule has 0 atom stereocenters. The average Bonchev–Trinajstić information content (AvgIpc) is 2.49. The number of nitrogens with zero attached hydrogens (tertiary/aromatic N) is 1. The molecule has 6 heteroatoms. The fourth-order valence-corrected chi connectivity index (χ4v) is 2.04. The van der Waals surface area contributed by atoms with Crippen molar-refractivity contribution in [2.75, 3.05) is 19.7 Å². The van der Waals surface area contributed by atoms with Crippen molar-refractivity contribution in [3.63, 3.8) is 0 Å². The zero-order chi connectivity index (χ0) is 18.0. The van der Waals surface area contributed by atoms with Gasteiger partial charge in [0.25, 0.3) is 0 Å². The molecule has 1 aromatic carbocycles. The van der Waals surface area contributed by atoms with E-state index >= 15 is 0 Å². The highest BCUT2D eigenvalue weighted by atomic mass is 16.5. The van der Waals surface area contributed by atoms with Gasteiger partial charge < -0.3 is 20.7 Å². The molecule has 1 amide bonds. The molecule has 0 bridgehead atoms. The van der Waals surface area contributed by atoms with Crippen LogP contribution in [0.3, 0.4) is 0 Å². The van der Waals surface area contributed by atoms with Gasteiger partial charge in [-0.1, -0.05) is 12.1 Å². The monoisotopic (exact) mass is 334 g/mol. The predicted molar refractivity (Wildman–Crippen MR) is 98.3 cm³/mol. The van der Waals surface area contributed by atoms with Gasteiger partial charge in [0.05, 0.1) is 19.7 Å². The molecule has 24 heavy (non-hydrogen) atoms. The Kier molecular flexibility index (Phi) is 8.09. The Labute approximate surface area is 145 Å². The number of ether oxygens (including phenoxy) is 1. The third-order valence-corrected chi connectivity index (χ3v) is 2.90. The van der Waals surface area contributed by atoms with E-state index in [4.69, 9.17) is 4.74 Å². The molecule has 0 fully saturated rings. The first-order chi connectivity index (χ1) is 11.3. The van der Waals surface area contributed by atoms with Crippen LogP contribution in [0.5, 0.6) is 5.75 Å². The third kappa shape index (κ3) is 8.41. The first kappa shape index (κ1) is 19.8. The second-order valence-corrected chi connectivity index (χ2v) is 6.43. The first-order valence-corrected chi connectivity index (χ1v) is 8.39. The minimum absolute atomic E-state index is 0.0635. The fraction of sp³-hybridized carbons (Fsp3) is 0.556. The quantitative estimate of drug-likeness (QED) is 0.527. The fourth-order valence-electron chi connectivity index (χ4n) is 2.04. The lowest BCUT2D eigenvalue weighted by Gasteiger charge is -2.21. The average molecular weight is 334 g/mol. The van der Waals surface area contributed by atoms with E-state index in [-0.39, 0.29) is 18.0 Å². The normalized spacial score (nSPS) is 11.8. The Morgan fingerprint density at radius 1 is 1.21 bits per heavy atom. The maximum absolute atomic E-state index is 11.9. The Bertz CT molecular complexity index is 550. The topological polar surface area (TPSA) is 74.8 Å². The van der Waals surface area contributed by atoms with Gasteiger partial charge in [-0.25, -0.2) is 4.99 Å². The summed E-state index contributed by atoms with van der Waals surface area (Å²) < 4.78 is 5.49. The van der Waals surface area contributed by atoms with Gasteiger partial charge in [-0.2, -0.15) is 0 Å². The molecular formula is C18H30N4O2. The molecule has 0 unspecified atom stereocenters. The number of rotatable bonds is 7. The second kappa shape index (κ2) is 9.80. The summed E-state index contributed by atoms with van der Waals surface area (Å²) in [4.78, 5) is 16.4. The van der Waals surface area contributed by atoms with Crippen LogP contribution in [0, 0.1) is 0 Å². The van der Waals surface area contributed by atoms with Crippen molar-refractivity contribution in [1.29, 1.82) is 0 Å². The number of hydrogen-bond donors (Lipinski definition) is 3. The number of aliphatic imine (C=N–C) groups is 1. The predicted octanol–water partition coefficient (Wildman–Crippen LogP) is 2.06. The molecule has 0 saturated heterocycles. The van der Waals surface area contributed by atoms with Gasteiger partial charge >= 0.3 is 0 Å². The van der Waals surface area contributed by atoms with Gasteiger partial charge in [-0.3, -0.25) is 4.79 Å². The number of guanidine groups is 1. The summed E-state index contributed by atoms with van der Waals surface area (Å²) in [6.45, 7) is 11.9. The maximum atomic E-state index is 11.9. The van der Waals surface area contributed by atoms with Crippen LogP contribution in [0.25, 0.3) is 0 Å². The lowest BCUT2D eigenvalue weighted by Crippen LogP contribution is -2.48. The van der Waals surface area contributed by atoms with E-state index in [1.54, 1.807) is 0 Å². The summed E-state index contributed by atoms with van der Waals surface area (Å²) in [7, 11) is 0. The molecule has 0 aliphatic carbocycles. The molecule has 0 aliphatic rings. The number of carbonyl (C=O) groups excluding carboxylic acids is 1. The van der Waals surface area contributed by atoms with Gasteiger partial charge in [0, 0.05) is 12.1 Å². The van der Waals surface area contributed by atoms with Crippen LogP contribution in [0.1, 0.15) is 40.2 Å². The second-order valence-electron chi connectivity index (χ2n) is 6.43. The summed E-state index contributed by atoms with van der Waals surface area (Å²) in [6.07, 6.45) is 0. The van der Waals surface area contributed by atoms with Crippen LogP contribution in [0.4, 0.5) is 0 Å². The molecule has 0 aliphatic heterocycles. The molecule has 6 nitrogen and oxygen atoms in total. The molecule has 1 aromatic rings. The zero-order valence-electron chi connectivity index (χ0n) is 15.4. The Balaban J connectivity index is 2.62. The van der Waals surface area contributed by atoms with Crippen LogP contribution < -0.4 is 20.7 Å². The molecule has 134 valence electrons. The minimum atomic E-state index is -0.242. The Hall–Kier alpha value is -2.24. The summed E-state index contributed by atoms with van der Waals surface area (Å²) in [5, 5.41) is 9.10. The smallest absolute Gasteiger partial charge is 0.239 e. The molecular weight excluding hydrogens is 304 g/mol. The van der Waals surface area contributed by atoms with Crippen molar-refractivity contribution in [2.24, 2.45) is 4.99 Å². The van der Waals surface area contributed by atoms with Crippen molar-refractivity contribution in [2.45, 2.75) is 46.7 Å².